The lowest BCUT2D eigenvalue weighted by Crippen LogP contribution is -2.28. The van der Waals surface area contributed by atoms with Gasteiger partial charge in [-0.2, -0.15) is 0 Å². The molecule has 1 amide bonds. The Kier molecular flexibility index (Phi) is 6.99. The zero-order chi connectivity index (χ0) is 28.7. The molecule has 3 aromatic carbocycles. The van der Waals surface area contributed by atoms with Crippen LogP contribution in [0.2, 0.25) is 0 Å². The first kappa shape index (κ1) is 26.6. The topological polar surface area (TPSA) is 87.1 Å². The molecule has 8 heteroatoms. The Bertz CT molecular complexity index is 1710. The van der Waals surface area contributed by atoms with Crippen molar-refractivity contribution in [2.45, 2.75) is 51.9 Å². The number of pyridine rings is 1. The van der Waals surface area contributed by atoms with Crippen molar-refractivity contribution >= 4 is 23.0 Å². The van der Waals surface area contributed by atoms with E-state index < -0.39 is 5.97 Å². The van der Waals surface area contributed by atoms with Crippen LogP contribution in [-0.2, 0) is 22.6 Å². The maximum atomic E-state index is 13.4. The molecule has 41 heavy (non-hydrogen) atoms. The number of nitrogens with zero attached hydrogens (tertiary/aromatic N) is 2. The molecule has 1 unspecified atom stereocenters. The van der Waals surface area contributed by atoms with E-state index in [0.717, 1.165) is 40.7 Å². The van der Waals surface area contributed by atoms with Gasteiger partial charge in [-0.1, -0.05) is 42.5 Å². The predicted octanol–water partition coefficient (Wildman–Crippen LogP) is 6.40. The van der Waals surface area contributed by atoms with Crippen LogP contribution < -0.4 is 10.2 Å². The summed E-state index contributed by atoms with van der Waals surface area (Å²) < 4.78 is 18.7. The van der Waals surface area contributed by atoms with Crippen LogP contribution in [0.4, 0.5) is 4.79 Å². The molecule has 2 heterocycles. The van der Waals surface area contributed by atoms with Crippen molar-refractivity contribution in [3.8, 4) is 16.9 Å². The molecule has 1 aliphatic heterocycles. The minimum atomic E-state index is -0.615. The number of esters is 1. The van der Waals surface area contributed by atoms with Crippen LogP contribution in [0.25, 0.3) is 22.0 Å². The Morgan fingerprint density at radius 2 is 1.78 bits per heavy atom. The third-order valence-electron chi connectivity index (χ3n) is 7.94. The van der Waals surface area contributed by atoms with E-state index in [1.807, 2.05) is 60.0 Å². The van der Waals surface area contributed by atoms with Crippen molar-refractivity contribution in [3.63, 3.8) is 0 Å². The highest BCUT2D eigenvalue weighted by molar-refractivity contribution is 5.98. The number of rotatable bonds is 7. The Balaban J connectivity index is 1.35. The fraction of sp³-hybridized carbons (Fsp3) is 0.303. The lowest BCUT2D eigenvalue weighted by molar-refractivity contribution is 0.0524. The number of methoxy groups -OCH3 is 1. The van der Waals surface area contributed by atoms with E-state index in [0.29, 0.717) is 23.2 Å². The van der Waals surface area contributed by atoms with Gasteiger partial charge < -0.3 is 18.8 Å². The predicted molar refractivity (Wildman–Crippen MR) is 155 cm³/mol. The number of fused-ring (bicyclic) bond motifs is 2. The molecule has 210 valence electrons. The van der Waals surface area contributed by atoms with Crippen molar-refractivity contribution in [1.29, 1.82) is 0 Å². The van der Waals surface area contributed by atoms with Gasteiger partial charge in [0.25, 0.3) is 0 Å². The van der Waals surface area contributed by atoms with Crippen LogP contribution >= 0.6 is 0 Å². The summed E-state index contributed by atoms with van der Waals surface area (Å²) in [4.78, 5) is 40.7. The van der Waals surface area contributed by atoms with E-state index in [2.05, 4.69) is 6.07 Å². The molecule has 0 saturated heterocycles. The van der Waals surface area contributed by atoms with Gasteiger partial charge in [0.1, 0.15) is 12.2 Å². The van der Waals surface area contributed by atoms with E-state index in [9.17, 15) is 14.4 Å². The van der Waals surface area contributed by atoms with Gasteiger partial charge in [-0.3, -0.25) is 9.69 Å². The largest absolute Gasteiger partial charge is 0.494 e. The van der Waals surface area contributed by atoms with Crippen molar-refractivity contribution in [2.24, 2.45) is 0 Å². The molecule has 0 N–H and O–H groups in total. The second kappa shape index (κ2) is 10.8. The zero-order valence-corrected chi connectivity index (χ0v) is 23.4. The molecule has 0 spiro atoms. The van der Waals surface area contributed by atoms with Crippen molar-refractivity contribution in [2.75, 3.05) is 13.7 Å². The molecule has 0 bridgehead atoms. The minimum absolute atomic E-state index is 0.0339. The monoisotopic (exact) mass is 552 g/mol. The molecule has 1 atom stereocenters. The first-order chi connectivity index (χ1) is 19.9. The number of hydrogen-bond acceptors (Lipinski definition) is 6. The molecule has 4 aromatic rings. The van der Waals surface area contributed by atoms with Crippen molar-refractivity contribution in [1.82, 2.24) is 9.47 Å². The lowest BCUT2D eigenvalue weighted by atomic mass is 9.96. The average Bonchev–Trinajstić information content (AvgIpc) is 3.79. The van der Waals surface area contributed by atoms with Gasteiger partial charge in [-0.05, 0) is 67.1 Å². The van der Waals surface area contributed by atoms with Crippen molar-refractivity contribution in [3.05, 3.63) is 99.3 Å². The summed E-state index contributed by atoms with van der Waals surface area (Å²) in [6, 6.07) is 19.4. The van der Waals surface area contributed by atoms with E-state index in [-0.39, 0.29) is 42.4 Å². The number of carbonyl (C=O) groups excluding carboxylic acids is 2. The maximum absolute atomic E-state index is 13.4. The molecule has 1 aliphatic carbocycles. The Morgan fingerprint density at radius 1 is 1.00 bits per heavy atom. The Labute approximate surface area is 238 Å². The molecular weight excluding hydrogens is 520 g/mol. The van der Waals surface area contributed by atoms with Crippen molar-refractivity contribution < 1.29 is 23.8 Å². The second-order valence-electron chi connectivity index (χ2n) is 10.5. The third kappa shape index (κ3) is 4.84. The molecule has 1 fully saturated rings. The SMILES string of the molecule is CCOC(=O)c1cn(C2CC2)c2c(OC)c(-c3ccc4c(c3)C(C)N(C(=O)OCc3ccccc3)C4)ccc2c1=O. The molecule has 6 rings (SSSR count). The smallest absolute Gasteiger partial charge is 0.410 e. The van der Waals surface area contributed by atoms with E-state index in [1.165, 1.54) is 0 Å². The number of hydrogen-bond donors (Lipinski definition) is 0. The van der Waals surface area contributed by atoms with Crippen LogP contribution in [0, 0.1) is 0 Å². The fourth-order valence-corrected chi connectivity index (χ4v) is 5.66. The maximum Gasteiger partial charge on any atom is 0.410 e. The Hall–Kier alpha value is -4.59. The Morgan fingerprint density at radius 3 is 2.49 bits per heavy atom. The van der Waals surface area contributed by atoms with Crippen LogP contribution in [0.1, 0.15) is 65.8 Å². The van der Waals surface area contributed by atoms with Crippen LogP contribution in [0.15, 0.2) is 71.7 Å². The molecule has 0 radical (unpaired) electrons. The highest BCUT2D eigenvalue weighted by Gasteiger charge is 2.33. The number of carbonyl (C=O) groups is 2. The summed E-state index contributed by atoms with van der Waals surface area (Å²) in [5.74, 6) is -0.0389. The average molecular weight is 553 g/mol. The number of amides is 1. The summed E-state index contributed by atoms with van der Waals surface area (Å²) in [5.41, 5.74) is 5.13. The van der Waals surface area contributed by atoms with Gasteiger partial charge in [0.15, 0.2) is 5.75 Å². The van der Waals surface area contributed by atoms with Gasteiger partial charge in [-0.15, -0.1) is 0 Å². The van der Waals surface area contributed by atoms with Gasteiger partial charge in [0.2, 0.25) is 5.43 Å². The number of ether oxygens (including phenoxy) is 3. The van der Waals surface area contributed by atoms with Gasteiger partial charge in [-0.25, -0.2) is 9.59 Å². The molecular formula is C33H32N2O6. The summed E-state index contributed by atoms with van der Waals surface area (Å²) in [5, 5.41) is 0.421. The van der Waals surface area contributed by atoms with Crippen LogP contribution in [0.3, 0.4) is 0 Å². The van der Waals surface area contributed by atoms with Gasteiger partial charge in [0, 0.05) is 24.3 Å². The second-order valence-corrected chi connectivity index (χ2v) is 10.5. The molecule has 1 saturated carbocycles. The molecule has 1 aromatic heterocycles. The van der Waals surface area contributed by atoms with Crippen LogP contribution in [-0.4, -0.2) is 35.2 Å². The fourth-order valence-electron chi connectivity index (χ4n) is 5.66. The number of benzene rings is 3. The number of aromatic nitrogens is 1. The third-order valence-corrected chi connectivity index (χ3v) is 7.94. The lowest BCUT2D eigenvalue weighted by Gasteiger charge is -2.21. The van der Waals surface area contributed by atoms with Gasteiger partial charge >= 0.3 is 12.1 Å². The highest BCUT2D eigenvalue weighted by Crippen LogP contribution is 2.44. The van der Waals surface area contributed by atoms with E-state index in [1.54, 1.807) is 31.2 Å². The summed E-state index contributed by atoms with van der Waals surface area (Å²) >= 11 is 0. The minimum Gasteiger partial charge on any atom is -0.494 e. The molecule has 2 aliphatic rings. The first-order valence-electron chi connectivity index (χ1n) is 13.9. The summed E-state index contributed by atoms with van der Waals surface area (Å²) in [7, 11) is 1.60. The van der Waals surface area contributed by atoms with Crippen LogP contribution in [0.5, 0.6) is 5.75 Å². The quantitative estimate of drug-likeness (QED) is 0.247. The summed E-state index contributed by atoms with van der Waals surface area (Å²) in [6.07, 6.45) is 3.18. The normalized spacial score (nSPS) is 16.0. The first-order valence-corrected chi connectivity index (χ1v) is 13.9. The zero-order valence-electron chi connectivity index (χ0n) is 23.4. The summed E-state index contributed by atoms with van der Waals surface area (Å²) in [6.45, 7) is 4.61. The molecule has 8 nitrogen and oxygen atoms in total. The van der Waals surface area contributed by atoms with Gasteiger partial charge in [0.05, 0.1) is 30.7 Å². The van der Waals surface area contributed by atoms with E-state index >= 15 is 0 Å². The standard InChI is InChI=1S/C33H32N2O6/c1-4-40-32(37)28-18-35(24-12-13-24)29-26(30(28)36)15-14-25(31(29)39-3)22-10-11-23-17-34(20(2)27(23)16-22)33(38)41-19-21-8-6-5-7-9-21/h5-11,14-16,18,20,24H,4,12-13,17,19H2,1-3H3. The highest BCUT2D eigenvalue weighted by atomic mass is 16.6. The van der Waals surface area contributed by atoms with E-state index in [4.69, 9.17) is 14.2 Å².